The minimum absolute atomic E-state index is 0.0859. The molecule has 5 nitrogen and oxygen atoms in total. The van der Waals surface area contributed by atoms with E-state index in [1.54, 1.807) is 12.1 Å². The summed E-state index contributed by atoms with van der Waals surface area (Å²) < 4.78 is 68.8. The van der Waals surface area contributed by atoms with E-state index < -0.39 is 24.4 Å². The Morgan fingerprint density at radius 3 is 2.43 bits per heavy atom. The number of aromatic nitrogens is 4. The topological polar surface area (TPSA) is 55.7 Å². The van der Waals surface area contributed by atoms with E-state index in [-0.39, 0.29) is 5.82 Å². The highest BCUT2D eigenvalue weighted by Crippen LogP contribution is 2.33. The Kier molecular flexibility index (Phi) is 4.25. The second-order valence-electron chi connectivity index (χ2n) is 5.81. The molecule has 0 saturated carbocycles. The van der Waals surface area contributed by atoms with Crippen LogP contribution in [0.15, 0.2) is 54.6 Å². The summed E-state index contributed by atoms with van der Waals surface area (Å²) >= 11 is 0. The highest BCUT2D eigenvalue weighted by molar-refractivity contribution is 5.83. The molecule has 10 heteroatoms. The van der Waals surface area contributed by atoms with Crippen molar-refractivity contribution in [1.82, 2.24) is 19.7 Å². The highest BCUT2D eigenvalue weighted by Gasteiger charge is 2.36. The standard InChI is InChI=1S/C18H11F5N4O/c19-17(20)28-16-9-14(18(21,22)23)26-27(16)15-7-6-11-13(25-15)8-12(24-11)10-4-2-1-3-5-10/h1-9,17,24H. The molecule has 1 aromatic carbocycles. The monoisotopic (exact) mass is 394 g/mol. The van der Waals surface area contributed by atoms with Crippen LogP contribution in [0.25, 0.3) is 28.1 Å². The first-order valence-corrected chi connectivity index (χ1v) is 7.99. The van der Waals surface area contributed by atoms with E-state index in [4.69, 9.17) is 0 Å². The van der Waals surface area contributed by atoms with Crippen molar-refractivity contribution < 1.29 is 26.7 Å². The van der Waals surface area contributed by atoms with Gasteiger partial charge in [0, 0.05) is 11.8 Å². The maximum atomic E-state index is 12.9. The number of hydrogen-bond acceptors (Lipinski definition) is 3. The fraction of sp³-hybridized carbons (Fsp3) is 0.111. The second kappa shape index (κ2) is 6.63. The number of fused-ring (bicyclic) bond motifs is 1. The number of halogens is 5. The van der Waals surface area contributed by atoms with Crippen LogP contribution in [0.1, 0.15) is 5.69 Å². The maximum Gasteiger partial charge on any atom is 0.435 e. The fourth-order valence-corrected chi connectivity index (χ4v) is 2.73. The molecule has 28 heavy (non-hydrogen) atoms. The van der Waals surface area contributed by atoms with E-state index in [1.807, 2.05) is 30.3 Å². The lowest BCUT2D eigenvalue weighted by Gasteiger charge is -2.07. The molecule has 4 rings (SSSR count). The van der Waals surface area contributed by atoms with E-state index in [2.05, 4.69) is 19.8 Å². The average molecular weight is 394 g/mol. The average Bonchev–Trinajstić information content (AvgIpc) is 3.25. The Morgan fingerprint density at radius 2 is 1.75 bits per heavy atom. The third-order valence-corrected chi connectivity index (χ3v) is 3.94. The Morgan fingerprint density at radius 1 is 1.00 bits per heavy atom. The Hall–Kier alpha value is -3.43. The van der Waals surface area contributed by atoms with Crippen molar-refractivity contribution >= 4 is 11.0 Å². The Balaban J connectivity index is 1.79. The van der Waals surface area contributed by atoms with Crippen LogP contribution in [0.5, 0.6) is 5.88 Å². The van der Waals surface area contributed by atoms with Crippen molar-refractivity contribution in [2.45, 2.75) is 12.8 Å². The molecule has 144 valence electrons. The predicted molar refractivity (Wildman–Crippen MR) is 90.3 cm³/mol. The van der Waals surface area contributed by atoms with Gasteiger partial charge >= 0.3 is 12.8 Å². The largest absolute Gasteiger partial charge is 0.435 e. The third-order valence-electron chi connectivity index (χ3n) is 3.94. The molecule has 0 amide bonds. The minimum atomic E-state index is -4.82. The number of aromatic amines is 1. The number of nitrogens with zero attached hydrogens (tertiary/aromatic N) is 3. The lowest BCUT2D eigenvalue weighted by molar-refractivity contribution is -0.141. The molecule has 0 fully saturated rings. The van der Waals surface area contributed by atoms with Crippen LogP contribution in [0.4, 0.5) is 22.0 Å². The van der Waals surface area contributed by atoms with Gasteiger partial charge in [0.15, 0.2) is 11.5 Å². The molecule has 0 bridgehead atoms. The molecule has 0 aliphatic heterocycles. The number of benzene rings is 1. The molecule has 3 aromatic heterocycles. The van der Waals surface area contributed by atoms with Gasteiger partial charge in [0.05, 0.1) is 11.0 Å². The summed E-state index contributed by atoms with van der Waals surface area (Å²) in [6, 6.07) is 14.4. The van der Waals surface area contributed by atoms with Crippen molar-refractivity contribution in [2.75, 3.05) is 0 Å². The molecule has 0 unspecified atom stereocenters. The van der Waals surface area contributed by atoms with E-state index >= 15 is 0 Å². The summed E-state index contributed by atoms with van der Waals surface area (Å²) in [6.45, 7) is -3.31. The predicted octanol–water partition coefficient (Wildman–Crippen LogP) is 5.04. The molecule has 0 aliphatic rings. The molecule has 3 heterocycles. The molecule has 4 aromatic rings. The maximum absolute atomic E-state index is 12.9. The first-order chi connectivity index (χ1) is 13.3. The van der Waals surface area contributed by atoms with E-state index in [9.17, 15) is 22.0 Å². The first-order valence-electron chi connectivity index (χ1n) is 7.99. The molecule has 0 spiro atoms. The molecular formula is C18H11F5N4O. The number of rotatable bonds is 4. The molecule has 1 N–H and O–H groups in total. The lowest BCUT2D eigenvalue weighted by atomic mass is 10.2. The van der Waals surface area contributed by atoms with Gasteiger partial charge in [0.1, 0.15) is 0 Å². The van der Waals surface area contributed by atoms with Gasteiger partial charge in [-0.15, -0.1) is 0 Å². The second-order valence-corrected chi connectivity index (χ2v) is 5.81. The van der Waals surface area contributed by atoms with Crippen molar-refractivity contribution in [3.63, 3.8) is 0 Å². The zero-order chi connectivity index (χ0) is 19.9. The number of nitrogens with one attached hydrogen (secondary N) is 1. The number of pyridine rings is 1. The van der Waals surface area contributed by atoms with Crippen molar-refractivity contribution in [3.05, 3.63) is 60.3 Å². The summed E-state index contributed by atoms with van der Waals surface area (Å²) in [5.74, 6) is -0.842. The fourth-order valence-electron chi connectivity index (χ4n) is 2.73. The number of alkyl halides is 5. The van der Waals surface area contributed by atoms with Gasteiger partial charge in [-0.3, -0.25) is 0 Å². The van der Waals surface area contributed by atoms with E-state index in [0.29, 0.717) is 21.8 Å². The quantitative estimate of drug-likeness (QED) is 0.494. The van der Waals surface area contributed by atoms with Gasteiger partial charge in [-0.05, 0) is 23.8 Å². The summed E-state index contributed by atoms with van der Waals surface area (Å²) in [4.78, 5) is 7.38. The normalized spacial score (nSPS) is 12.1. The van der Waals surface area contributed by atoms with Crippen LogP contribution in [-0.4, -0.2) is 26.4 Å². The van der Waals surface area contributed by atoms with E-state index in [1.165, 1.54) is 6.07 Å². The number of hydrogen-bond donors (Lipinski definition) is 1. The molecule has 0 saturated heterocycles. The van der Waals surface area contributed by atoms with Crippen molar-refractivity contribution in [3.8, 4) is 23.0 Å². The highest BCUT2D eigenvalue weighted by atomic mass is 19.4. The van der Waals surface area contributed by atoms with Crippen LogP contribution in [0.2, 0.25) is 0 Å². The van der Waals surface area contributed by atoms with Crippen LogP contribution in [0.3, 0.4) is 0 Å². The van der Waals surface area contributed by atoms with Gasteiger partial charge in [-0.1, -0.05) is 30.3 Å². The summed E-state index contributed by atoms with van der Waals surface area (Å²) in [6.07, 6.45) is -4.82. The molecular weight excluding hydrogens is 383 g/mol. The number of ether oxygens (including phenoxy) is 1. The van der Waals surface area contributed by atoms with Crippen LogP contribution < -0.4 is 4.74 Å². The first kappa shape index (κ1) is 18.0. The van der Waals surface area contributed by atoms with E-state index in [0.717, 1.165) is 11.3 Å². The zero-order valence-electron chi connectivity index (χ0n) is 13.9. The minimum Gasteiger partial charge on any atom is -0.417 e. The van der Waals surface area contributed by atoms with Gasteiger partial charge in [-0.2, -0.15) is 31.7 Å². The van der Waals surface area contributed by atoms with Gasteiger partial charge in [0.2, 0.25) is 5.88 Å². The summed E-state index contributed by atoms with van der Waals surface area (Å²) in [5, 5.41) is 3.34. The van der Waals surface area contributed by atoms with Crippen LogP contribution >= 0.6 is 0 Å². The van der Waals surface area contributed by atoms with Gasteiger partial charge in [0.25, 0.3) is 0 Å². The third kappa shape index (κ3) is 3.40. The zero-order valence-corrected chi connectivity index (χ0v) is 13.9. The van der Waals surface area contributed by atoms with Gasteiger partial charge in [-0.25, -0.2) is 4.98 Å². The van der Waals surface area contributed by atoms with Crippen molar-refractivity contribution in [2.24, 2.45) is 0 Å². The van der Waals surface area contributed by atoms with Crippen LogP contribution in [0, 0.1) is 0 Å². The Bertz CT molecular complexity index is 1120. The smallest absolute Gasteiger partial charge is 0.417 e. The SMILES string of the molecule is FC(F)Oc1cc(C(F)(F)F)nn1-c1ccc2[nH]c(-c3ccccc3)cc2n1. The van der Waals surface area contributed by atoms with Gasteiger partial charge < -0.3 is 9.72 Å². The lowest BCUT2D eigenvalue weighted by Crippen LogP contribution is -2.10. The number of H-pyrrole nitrogens is 1. The summed E-state index contributed by atoms with van der Waals surface area (Å²) in [7, 11) is 0. The van der Waals surface area contributed by atoms with Crippen LogP contribution in [-0.2, 0) is 6.18 Å². The Labute approximate surface area is 154 Å². The summed E-state index contributed by atoms with van der Waals surface area (Å²) in [5.41, 5.74) is 1.35. The van der Waals surface area contributed by atoms with Crippen molar-refractivity contribution in [1.29, 1.82) is 0 Å². The molecule has 0 radical (unpaired) electrons. The molecule has 0 atom stereocenters. The molecule has 0 aliphatic carbocycles.